The Morgan fingerprint density at radius 2 is 2.15 bits per heavy atom. The zero-order chi connectivity index (χ0) is 18.9. The van der Waals surface area contributed by atoms with Gasteiger partial charge in [-0.15, -0.1) is 11.6 Å². The maximum atomic E-state index is 11.7. The summed E-state index contributed by atoms with van der Waals surface area (Å²) in [7, 11) is 0. The molecule has 0 aliphatic heterocycles. The van der Waals surface area contributed by atoms with E-state index in [1.165, 1.54) is 0 Å². The number of alkyl halides is 1. The first-order valence-corrected chi connectivity index (χ1v) is 10.4. The number of carbonyl (C=O) groups excluding carboxylic acids is 1. The molecule has 2 N–H and O–H groups in total. The first-order valence-electron chi connectivity index (χ1n) is 9.01. The van der Waals surface area contributed by atoms with Gasteiger partial charge in [-0.05, 0) is 12.8 Å². The number of aromatic nitrogens is 4. The number of halogens is 1. The van der Waals surface area contributed by atoms with Gasteiger partial charge in [0.2, 0.25) is 5.91 Å². The number of fused-ring (bicyclic) bond motifs is 1. The van der Waals surface area contributed by atoms with Crippen molar-refractivity contribution in [3.63, 3.8) is 0 Å². The Kier molecular flexibility index (Phi) is 8.44. The second-order valence-electron chi connectivity index (χ2n) is 6.20. The molecule has 1 amide bonds. The highest BCUT2D eigenvalue weighted by Gasteiger charge is 2.14. The summed E-state index contributed by atoms with van der Waals surface area (Å²) in [4.78, 5) is 21.0. The van der Waals surface area contributed by atoms with Crippen LogP contribution in [0, 0.1) is 0 Å². The molecule has 2 heterocycles. The number of nitrogens with one attached hydrogen (secondary N) is 2. The first kappa shape index (κ1) is 20.8. The molecule has 0 aromatic carbocycles. The van der Waals surface area contributed by atoms with Crippen LogP contribution < -0.4 is 10.6 Å². The second kappa shape index (κ2) is 10.6. The Hall–Kier alpha value is -1.54. The van der Waals surface area contributed by atoms with Crippen LogP contribution in [-0.4, -0.2) is 49.9 Å². The molecular weight excluding hydrogens is 372 g/mol. The average molecular weight is 399 g/mol. The predicted octanol–water partition coefficient (Wildman–Crippen LogP) is 3.28. The van der Waals surface area contributed by atoms with Crippen LogP contribution in [0.15, 0.2) is 11.4 Å². The molecule has 0 bridgehead atoms. The molecule has 144 valence electrons. The van der Waals surface area contributed by atoms with Gasteiger partial charge >= 0.3 is 0 Å². The normalized spacial score (nSPS) is 11.3. The number of hydrogen-bond acceptors (Lipinski definition) is 6. The highest BCUT2D eigenvalue weighted by molar-refractivity contribution is 7.99. The smallest absolute Gasteiger partial charge is 0.220 e. The van der Waals surface area contributed by atoms with E-state index in [4.69, 9.17) is 11.6 Å². The largest absolute Gasteiger partial charge is 0.369 e. The highest BCUT2D eigenvalue weighted by Crippen LogP contribution is 2.26. The molecule has 0 saturated carbocycles. The van der Waals surface area contributed by atoms with Crippen LogP contribution in [0.5, 0.6) is 0 Å². The molecule has 7 nitrogen and oxygen atoms in total. The molecule has 0 spiro atoms. The molecule has 0 unspecified atom stereocenters. The van der Waals surface area contributed by atoms with Gasteiger partial charge < -0.3 is 10.6 Å². The van der Waals surface area contributed by atoms with Gasteiger partial charge in [0.1, 0.15) is 5.82 Å². The van der Waals surface area contributed by atoms with Crippen molar-refractivity contribution in [2.45, 2.75) is 57.0 Å². The fraction of sp³-hybridized carbons (Fsp3) is 0.647. The first-order chi connectivity index (χ1) is 12.5. The minimum Gasteiger partial charge on any atom is -0.369 e. The Labute approximate surface area is 163 Å². The Balaban J connectivity index is 2.15. The van der Waals surface area contributed by atoms with Crippen LogP contribution in [0.4, 0.5) is 5.82 Å². The Bertz CT molecular complexity index is 721. The molecular formula is C17H27ClN6OS. The Morgan fingerprint density at radius 1 is 1.35 bits per heavy atom. The third-order valence-electron chi connectivity index (χ3n) is 3.54. The molecule has 2 aromatic rings. The summed E-state index contributed by atoms with van der Waals surface area (Å²) in [5.74, 6) is 1.33. The molecule has 9 heteroatoms. The van der Waals surface area contributed by atoms with Gasteiger partial charge in [0.25, 0.3) is 0 Å². The molecule has 0 saturated heterocycles. The number of rotatable bonds is 11. The summed E-state index contributed by atoms with van der Waals surface area (Å²) in [6.45, 7) is 8.26. The number of carbonyl (C=O) groups is 1. The second-order valence-corrected chi connectivity index (χ2v) is 8.12. The van der Waals surface area contributed by atoms with Crippen LogP contribution in [0.25, 0.3) is 11.0 Å². The summed E-state index contributed by atoms with van der Waals surface area (Å²) in [5.41, 5.74) is 0.789. The number of amides is 1. The van der Waals surface area contributed by atoms with E-state index in [2.05, 4.69) is 46.5 Å². The van der Waals surface area contributed by atoms with Gasteiger partial charge in [0.15, 0.2) is 10.8 Å². The fourth-order valence-corrected chi connectivity index (χ4v) is 3.20. The summed E-state index contributed by atoms with van der Waals surface area (Å²) in [6.07, 6.45) is 3.94. The van der Waals surface area contributed by atoms with Crippen molar-refractivity contribution in [2.75, 3.05) is 24.3 Å². The zero-order valence-corrected chi connectivity index (χ0v) is 17.2. The third kappa shape index (κ3) is 6.02. The summed E-state index contributed by atoms with van der Waals surface area (Å²) < 4.78 is 1.82. The molecule has 2 aromatic heterocycles. The summed E-state index contributed by atoms with van der Waals surface area (Å²) in [6, 6.07) is 0. The Morgan fingerprint density at radius 3 is 2.85 bits per heavy atom. The van der Waals surface area contributed by atoms with Gasteiger partial charge in [-0.2, -0.15) is 5.10 Å². The lowest BCUT2D eigenvalue weighted by atomic mass is 10.3. The standard InChI is InChI=1S/C17H27ClN6OS/c1-4-8-20-15-13-11-21-24(10-9-19-14(25)6-5-7-18)16(13)23-17(22-15)26-12(2)3/h11-12H,4-10H2,1-3H3,(H,19,25)(H,20,22,23). The van der Waals surface area contributed by atoms with E-state index in [-0.39, 0.29) is 5.91 Å². The van der Waals surface area contributed by atoms with Gasteiger partial charge in [-0.3, -0.25) is 4.79 Å². The van der Waals surface area contributed by atoms with Gasteiger partial charge in [-0.25, -0.2) is 14.6 Å². The van der Waals surface area contributed by atoms with E-state index in [0.29, 0.717) is 37.1 Å². The van der Waals surface area contributed by atoms with E-state index in [1.807, 2.05) is 4.68 Å². The molecule has 0 aliphatic carbocycles. The maximum absolute atomic E-state index is 11.7. The lowest BCUT2D eigenvalue weighted by Gasteiger charge is -2.10. The molecule has 0 atom stereocenters. The molecule has 0 radical (unpaired) electrons. The van der Waals surface area contributed by atoms with Crippen LogP contribution in [0.1, 0.15) is 40.0 Å². The quantitative estimate of drug-likeness (QED) is 0.343. The van der Waals surface area contributed by atoms with Crippen molar-refractivity contribution < 1.29 is 4.79 Å². The summed E-state index contributed by atoms with van der Waals surface area (Å²) in [5, 5.41) is 12.7. The van der Waals surface area contributed by atoms with Crippen molar-refractivity contribution in [3.05, 3.63) is 6.20 Å². The van der Waals surface area contributed by atoms with Gasteiger partial charge in [0.05, 0.1) is 18.1 Å². The van der Waals surface area contributed by atoms with Crippen molar-refractivity contribution in [1.29, 1.82) is 0 Å². The van der Waals surface area contributed by atoms with Crippen LogP contribution in [-0.2, 0) is 11.3 Å². The third-order valence-corrected chi connectivity index (χ3v) is 4.67. The highest BCUT2D eigenvalue weighted by atomic mass is 35.5. The van der Waals surface area contributed by atoms with Crippen molar-refractivity contribution in [1.82, 2.24) is 25.1 Å². The molecule has 0 fully saturated rings. The van der Waals surface area contributed by atoms with Crippen molar-refractivity contribution in [2.24, 2.45) is 0 Å². The van der Waals surface area contributed by atoms with E-state index < -0.39 is 0 Å². The van der Waals surface area contributed by atoms with Gasteiger partial charge in [0, 0.05) is 30.6 Å². The minimum absolute atomic E-state index is 0.0121. The lowest BCUT2D eigenvalue weighted by Crippen LogP contribution is -2.27. The number of thioether (sulfide) groups is 1. The maximum Gasteiger partial charge on any atom is 0.220 e. The van der Waals surface area contributed by atoms with Gasteiger partial charge in [-0.1, -0.05) is 32.5 Å². The fourth-order valence-electron chi connectivity index (χ4n) is 2.36. The molecule has 2 rings (SSSR count). The lowest BCUT2D eigenvalue weighted by molar-refractivity contribution is -0.121. The number of hydrogen-bond donors (Lipinski definition) is 2. The van der Waals surface area contributed by atoms with Crippen molar-refractivity contribution >= 4 is 46.1 Å². The molecule has 26 heavy (non-hydrogen) atoms. The zero-order valence-electron chi connectivity index (χ0n) is 15.6. The minimum atomic E-state index is 0.0121. The van der Waals surface area contributed by atoms with E-state index >= 15 is 0 Å². The SMILES string of the molecule is CCCNc1nc(SC(C)C)nc2c1cnn2CCNC(=O)CCCCl. The van der Waals surface area contributed by atoms with Crippen LogP contribution in [0.2, 0.25) is 0 Å². The summed E-state index contributed by atoms with van der Waals surface area (Å²) >= 11 is 7.24. The number of nitrogens with zero attached hydrogens (tertiary/aromatic N) is 4. The van der Waals surface area contributed by atoms with E-state index in [9.17, 15) is 4.79 Å². The monoisotopic (exact) mass is 398 g/mol. The average Bonchev–Trinajstić information content (AvgIpc) is 3.00. The van der Waals surface area contributed by atoms with E-state index in [0.717, 1.165) is 35.0 Å². The van der Waals surface area contributed by atoms with Crippen molar-refractivity contribution in [3.8, 4) is 0 Å². The van der Waals surface area contributed by atoms with E-state index in [1.54, 1.807) is 18.0 Å². The molecule has 0 aliphatic rings. The predicted molar refractivity (Wildman–Crippen MR) is 108 cm³/mol. The topological polar surface area (TPSA) is 84.7 Å². The number of anilines is 1. The van der Waals surface area contributed by atoms with Crippen LogP contribution >= 0.6 is 23.4 Å². The van der Waals surface area contributed by atoms with Crippen LogP contribution in [0.3, 0.4) is 0 Å².